The number of nitrogens with one attached hydrogen (secondary N) is 2. The lowest BCUT2D eigenvalue weighted by Crippen LogP contribution is -2.26. The third-order valence-corrected chi connectivity index (χ3v) is 5.54. The number of rotatable bonds is 7. The van der Waals surface area contributed by atoms with E-state index in [0.29, 0.717) is 41.0 Å². The van der Waals surface area contributed by atoms with Crippen molar-refractivity contribution in [1.82, 2.24) is 24.6 Å². The van der Waals surface area contributed by atoms with Crippen LogP contribution in [0.25, 0.3) is 11.0 Å². The predicted octanol–water partition coefficient (Wildman–Crippen LogP) is 3.39. The Morgan fingerprint density at radius 1 is 1.21 bits per heavy atom. The molecule has 2 amide bonds. The number of carbonyl (C=O) groups excluding carboxylic acids is 2. The maximum absolute atomic E-state index is 13.2. The number of anilines is 1. The van der Waals surface area contributed by atoms with Crippen LogP contribution in [0.4, 0.5) is 5.69 Å². The van der Waals surface area contributed by atoms with Gasteiger partial charge in [-0.1, -0.05) is 19.1 Å². The summed E-state index contributed by atoms with van der Waals surface area (Å²) in [5.41, 5.74) is 3.56. The molecule has 0 aliphatic carbocycles. The summed E-state index contributed by atoms with van der Waals surface area (Å²) in [4.78, 5) is 32.6. The molecule has 0 saturated heterocycles. The molecule has 0 radical (unpaired) electrons. The number of methoxy groups -OCH3 is 1. The normalized spacial score (nSPS) is 10.9. The Morgan fingerprint density at radius 2 is 2.00 bits per heavy atom. The highest BCUT2D eigenvalue weighted by Gasteiger charge is 2.21. The van der Waals surface area contributed by atoms with Gasteiger partial charge in [-0.3, -0.25) is 14.7 Å². The summed E-state index contributed by atoms with van der Waals surface area (Å²) in [6, 6.07) is 12.3. The molecule has 33 heavy (non-hydrogen) atoms. The van der Waals surface area contributed by atoms with E-state index in [9.17, 15) is 9.59 Å². The lowest BCUT2D eigenvalue weighted by molar-refractivity contribution is 0.0783. The number of hydrogen-bond donors (Lipinski definition) is 2. The fourth-order valence-corrected chi connectivity index (χ4v) is 3.88. The number of nitrogens with zero attached hydrogens (tertiary/aromatic N) is 4. The molecule has 0 saturated carbocycles. The summed E-state index contributed by atoms with van der Waals surface area (Å²) in [7, 11) is 5.14. The molecule has 0 spiro atoms. The van der Waals surface area contributed by atoms with Crippen molar-refractivity contribution in [1.29, 1.82) is 0 Å². The molecule has 0 unspecified atom stereocenters. The number of carbonyl (C=O) groups is 2. The first-order valence-electron chi connectivity index (χ1n) is 10.6. The fourth-order valence-electron chi connectivity index (χ4n) is 3.88. The number of fused-ring (bicyclic) bond motifs is 1. The maximum Gasteiger partial charge on any atom is 0.259 e. The van der Waals surface area contributed by atoms with Gasteiger partial charge < -0.3 is 19.5 Å². The number of hydrogen-bond acceptors (Lipinski definition) is 5. The zero-order chi connectivity index (χ0) is 23.5. The third kappa shape index (κ3) is 4.30. The maximum atomic E-state index is 13.2. The third-order valence-electron chi connectivity index (χ3n) is 5.54. The number of benzene rings is 2. The second-order valence-corrected chi connectivity index (χ2v) is 7.73. The highest BCUT2D eigenvalue weighted by molar-refractivity contribution is 6.11. The minimum absolute atomic E-state index is 0.192. The van der Waals surface area contributed by atoms with Crippen molar-refractivity contribution >= 4 is 28.5 Å². The van der Waals surface area contributed by atoms with Crippen LogP contribution in [0, 0.1) is 0 Å². The molecule has 2 heterocycles. The van der Waals surface area contributed by atoms with E-state index < -0.39 is 0 Å². The Bertz CT molecular complexity index is 1310. The number of para-hydroxylation sites is 1. The van der Waals surface area contributed by atoms with Crippen molar-refractivity contribution in [3.05, 3.63) is 71.3 Å². The van der Waals surface area contributed by atoms with E-state index in [4.69, 9.17) is 4.74 Å². The van der Waals surface area contributed by atoms with Gasteiger partial charge in [0.05, 0.1) is 41.6 Å². The SMILES string of the molecule is CCc1nc2cc(C(=O)N(C)Cc3ccn[nH]3)cc(NC(=O)c3ccccc3OC)c2n1C. The zero-order valence-electron chi connectivity index (χ0n) is 19.0. The van der Waals surface area contributed by atoms with E-state index in [1.807, 2.05) is 24.6 Å². The van der Waals surface area contributed by atoms with Crippen LogP contribution in [0.1, 0.15) is 39.2 Å². The van der Waals surface area contributed by atoms with Crippen LogP contribution in [-0.2, 0) is 20.0 Å². The quantitative estimate of drug-likeness (QED) is 0.453. The number of aromatic amines is 1. The van der Waals surface area contributed by atoms with Gasteiger partial charge >= 0.3 is 0 Å². The highest BCUT2D eigenvalue weighted by atomic mass is 16.5. The number of amides is 2. The molecule has 0 aliphatic heterocycles. The van der Waals surface area contributed by atoms with E-state index >= 15 is 0 Å². The lowest BCUT2D eigenvalue weighted by Gasteiger charge is -2.17. The topological polar surface area (TPSA) is 105 Å². The predicted molar refractivity (Wildman–Crippen MR) is 125 cm³/mol. The van der Waals surface area contributed by atoms with Crippen LogP contribution in [-0.4, -0.2) is 50.6 Å². The van der Waals surface area contributed by atoms with Crippen LogP contribution in [0.15, 0.2) is 48.7 Å². The van der Waals surface area contributed by atoms with Crippen LogP contribution in [0.2, 0.25) is 0 Å². The van der Waals surface area contributed by atoms with Crippen LogP contribution in [0.5, 0.6) is 5.75 Å². The van der Waals surface area contributed by atoms with Crippen molar-refractivity contribution in [2.45, 2.75) is 19.9 Å². The molecule has 170 valence electrons. The molecule has 0 aliphatic rings. The highest BCUT2D eigenvalue weighted by Crippen LogP contribution is 2.29. The Labute approximate surface area is 191 Å². The Morgan fingerprint density at radius 3 is 2.70 bits per heavy atom. The lowest BCUT2D eigenvalue weighted by atomic mass is 10.1. The molecular formula is C24H26N6O3. The first-order chi connectivity index (χ1) is 15.9. The number of ether oxygens (including phenoxy) is 1. The molecule has 4 rings (SSSR count). The minimum Gasteiger partial charge on any atom is -0.496 e. The van der Waals surface area contributed by atoms with Gasteiger partial charge in [-0.2, -0.15) is 5.10 Å². The second kappa shape index (κ2) is 9.15. The van der Waals surface area contributed by atoms with Crippen LogP contribution in [0.3, 0.4) is 0 Å². The fraction of sp³-hybridized carbons (Fsp3) is 0.250. The van der Waals surface area contributed by atoms with Crippen LogP contribution < -0.4 is 10.1 Å². The largest absolute Gasteiger partial charge is 0.496 e. The minimum atomic E-state index is -0.330. The van der Waals surface area contributed by atoms with Gasteiger partial charge in [0.15, 0.2) is 0 Å². The van der Waals surface area contributed by atoms with Crippen molar-refractivity contribution in [2.24, 2.45) is 7.05 Å². The molecule has 9 heteroatoms. The Balaban J connectivity index is 1.74. The molecule has 0 atom stereocenters. The van der Waals surface area contributed by atoms with Gasteiger partial charge in [0.1, 0.15) is 11.6 Å². The summed E-state index contributed by atoms with van der Waals surface area (Å²) in [6.07, 6.45) is 2.36. The van der Waals surface area contributed by atoms with Crippen molar-refractivity contribution in [3.8, 4) is 5.75 Å². The summed E-state index contributed by atoms with van der Waals surface area (Å²) in [5.74, 6) is 0.802. The molecule has 2 aromatic carbocycles. The molecule has 0 bridgehead atoms. The van der Waals surface area contributed by atoms with Gasteiger partial charge in [-0.15, -0.1) is 0 Å². The van der Waals surface area contributed by atoms with Crippen molar-refractivity contribution in [3.63, 3.8) is 0 Å². The van der Waals surface area contributed by atoms with Gasteiger partial charge in [0.25, 0.3) is 11.8 Å². The summed E-state index contributed by atoms with van der Waals surface area (Å²) in [6.45, 7) is 2.39. The average Bonchev–Trinajstić information content (AvgIpc) is 3.45. The first-order valence-corrected chi connectivity index (χ1v) is 10.6. The van der Waals surface area contributed by atoms with Crippen molar-refractivity contribution in [2.75, 3.05) is 19.5 Å². The first kappa shape index (κ1) is 22.1. The van der Waals surface area contributed by atoms with Gasteiger partial charge in [0.2, 0.25) is 0 Å². The monoisotopic (exact) mass is 446 g/mol. The molecular weight excluding hydrogens is 420 g/mol. The summed E-state index contributed by atoms with van der Waals surface area (Å²) < 4.78 is 7.27. The van der Waals surface area contributed by atoms with E-state index in [1.54, 1.807) is 54.5 Å². The molecule has 2 aromatic heterocycles. The van der Waals surface area contributed by atoms with E-state index in [0.717, 1.165) is 17.0 Å². The van der Waals surface area contributed by atoms with E-state index in [1.165, 1.54) is 7.11 Å². The number of aryl methyl sites for hydroxylation is 2. The average molecular weight is 447 g/mol. The molecule has 4 aromatic rings. The Hall–Kier alpha value is -4.14. The number of aromatic nitrogens is 4. The smallest absolute Gasteiger partial charge is 0.259 e. The second-order valence-electron chi connectivity index (χ2n) is 7.73. The summed E-state index contributed by atoms with van der Waals surface area (Å²) in [5, 5.41) is 9.75. The van der Waals surface area contributed by atoms with Gasteiger partial charge in [-0.05, 0) is 30.3 Å². The van der Waals surface area contributed by atoms with E-state index in [2.05, 4.69) is 20.5 Å². The summed E-state index contributed by atoms with van der Waals surface area (Å²) >= 11 is 0. The Kier molecular flexibility index (Phi) is 6.12. The van der Waals surface area contributed by atoms with Gasteiger partial charge in [0, 0.05) is 32.3 Å². The molecule has 9 nitrogen and oxygen atoms in total. The van der Waals surface area contributed by atoms with Crippen molar-refractivity contribution < 1.29 is 14.3 Å². The molecule has 0 fully saturated rings. The van der Waals surface area contributed by atoms with Gasteiger partial charge in [-0.25, -0.2) is 4.98 Å². The van der Waals surface area contributed by atoms with Crippen LogP contribution >= 0.6 is 0 Å². The number of H-pyrrole nitrogens is 1. The number of imidazole rings is 1. The molecule has 2 N–H and O–H groups in total. The zero-order valence-corrected chi connectivity index (χ0v) is 19.0. The van der Waals surface area contributed by atoms with E-state index in [-0.39, 0.29) is 11.8 Å². The standard InChI is InChI=1S/C24H26N6O3/c1-5-21-26-18-12-15(24(32)29(2)14-16-10-11-25-28-16)13-19(22(18)30(21)3)27-23(31)17-8-6-7-9-20(17)33-4/h6-13H,5,14H2,1-4H3,(H,25,28)(H,27,31).